The fourth-order valence-electron chi connectivity index (χ4n) is 2.85. The zero-order chi connectivity index (χ0) is 18.7. The first-order valence-electron chi connectivity index (χ1n) is 8.34. The second kappa shape index (κ2) is 7.86. The van der Waals surface area contributed by atoms with Gasteiger partial charge in [0, 0.05) is 17.8 Å². The molecule has 0 aliphatic carbocycles. The first-order chi connectivity index (χ1) is 11.8. The topological polar surface area (TPSA) is 101 Å². The average molecular weight is 364 g/mol. The predicted molar refractivity (Wildman–Crippen MR) is 97.7 cm³/mol. The highest BCUT2D eigenvalue weighted by Crippen LogP contribution is 2.26. The van der Waals surface area contributed by atoms with E-state index in [2.05, 4.69) is 15.2 Å². The fourth-order valence-corrected chi connectivity index (χ4v) is 3.79. The van der Waals surface area contributed by atoms with Crippen LogP contribution in [0.4, 0.5) is 0 Å². The van der Waals surface area contributed by atoms with Crippen LogP contribution in [0, 0.1) is 13.8 Å². The van der Waals surface area contributed by atoms with Gasteiger partial charge in [-0.15, -0.1) is 5.10 Å². The van der Waals surface area contributed by atoms with E-state index in [0.717, 1.165) is 12.8 Å². The minimum atomic E-state index is -0.438. The summed E-state index contributed by atoms with van der Waals surface area (Å²) in [5, 5.41) is 6.54. The summed E-state index contributed by atoms with van der Waals surface area (Å²) in [6, 6.07) is 0. The molecule has 0 amide bonds. The van der Waals surface area contributed by atoms with Gasteiger partial charge >= 0.3 is 5.69 Å². The Morgan fingerprint density at radius 2 is 2.00 bits per heavy atom. The molecule has 2 heterocycles. The zero-order valence-electron chi connectivity index (χ0n) is 15.2. The Hall–Kier alpha value is -2.09. The van der Waals surface area contributed by atoms with E-state index in [4.69, 9.17) is 0 Å². The third-order valence-corrected chi connectivity index (χ3v) is 5.24. The molecule has 2 N–H and O–H groups in total. The molecular weight excluding hydrogens is 340 g/mol. The van der Waals surface area contributed by atoms with Crippen LogP contribution in [0.3, 0.4) is 0 Å². The summed E-state index contributed by atoms with van der Waals surface area (Å²) in [6.45, 7) is 9.45. The van der Waals surface area contributed by atoms with E-state index in [-0.39, 0.29) is 17.3 Å². The number of ketones is 2. The van der Waals surface area contributed by atoms with Gasteiger partial charge in [0.2, 0.25) is 0 Å². The molecule has 0 aliphatic heterocycles. The molecule has 7 nitrogen and oxygen atoms in total. The molecule has 8 heteroatoms. The monoisotopic (exact) mass is 364 g/mol. The van der Waals surface area contributed by atoms with Crippen molar-refractivity contribution in [3.8, 4) is 0 Å². The van der Waals surface area contributed by atoms with Crippen LogP contribution in [-0.4, -0.2) is 36.6 Å². The van der Waals surface area contributed by atoms with Gasteiger partial charge in [-0.2, -0.15) is 0 Å². The molecule has 0 saturated heterocycles. The van der Waals surface area contributed by atoms with Crippen LogP contribution in [-0.2, 0) is 6.54 Å². The van der Waals surface area contributed by atoms with Crippen molar-refractivity contribution in [3.05, 3.63) is 33.0 Å². The number of Topliss-reactive ketones (excluding diaryl/α,β-unsaturated/α-hetero) is 2. The lowest BCUT2D eigenvalue weighted by Gasteiger charge is -2.10. The normalized spacial score (nSPS) is 12.4. The van der Waals surface area contributed by atoms with Crippen LogP contribution in [0.25, 0.3) is 0 Å². The maximum atomic E-state index is 12.8. The maximum Gasteiger partial charge on any atom is 0.343 e. The Labute approximate surface area is 150 Å². The van der Waals surface area contributed by atoms with Crippen LogP contribution < -0.4 is 5.69 Å². The fraction of sp³-hybridized carbons (Fsp3) is 0.529. The molecule has 0 fully saturated rings. The third kappa shape index (κ3) is 3.95. The van der Waals surface area contributed by atoms with Crippen LogP contribution in [0.2, 0.25) is 0 Å². The molecule has 25 heavy (non-hydrogen) atoms. The van der Waals surface area contributed by atoms with Gasteiger partial charge in [0.1, 0.15) is 0 Å². The minimum Gasteiger partial charge on any atom is -0.355 e. The van der Waals surface area contributed by atoms with E-state index < -0.39 is 5.25 Å². The van der Waals surface area contributed by atoms with Gasteiger partial charge < -0.3 is 4.98 Å². The third-order valence-electron chi connectivity index (χ3n) is 4.15. The van der Waals surface area contributed by atoms with Crippen LogP contribution in [0.15, 0.2) is 9.95 Å². The number of carbonyl (C=O) groups excluding carboxylic acids is 2. The lowest BCUT2D eigenvalue weighted by Crippen LogP contribution is -2.20. The Morgan fingerprint density at radius 1 is 1.32 bits per heavy atom. The zero-order valence-corrected chi connectivity index (χ0v) is 16.0. The second-order valence-corrected chi connectivity index (χ2v) is 7.43. The van der Waals surface area contributed by atoms with Crippen molar-refractivity contribution in [2.24, 2.45) is 0 Å². The van der Waals surface area contributed by atoms with E-state index in [1.54, 1.807) is 25.3 Å². The molecule has 2 aromatic rings. The summed E-state index contributed by atoms with van der Waals surface area (Å²) >= 11 is 1.24. The van der Waals surface area contributed by atoms with E-state index in [1.165, 1.54) is 18.7 Å². The molecule has 0 aromatic carbocycles. The first-order valence-corrected chi connectivity index (χ1v) is 9.22. The number of hydrogen-bond acceptors (Lipinski definition) is 5. The quantitative estimate of drug-likeness (QED) is 0.554. The molecule has 136 valence electrons. The molecule has 0 aliphatic rings. The van der Waals surface area contributed by atoms with Gasteiger partial charge in [0.25, 0.3) is 0 Å². The van der Waals surface area contributed by atoms with Gasteiger partial charge in [-0.05, 0) is 39.7 Å². The lowest BCUT2D eigenvalue weighted by atomic mass is 10.0. The molecular formula is C17H24N4O3S. The summed E-state index contributed by atoms with van der Waals surface area (Å²) in [4.78, 5) is 39.4. The Kier molecular flexibility index (Phi) is 6.05. The number of nitrogens with zero attached hydrogens (tertiary/aromatic N) is 2. The summed E-state index contributed by atoms with van der Waals surface area (Å²) in [7, 11) is 0. The van der Waals surface area contributed by atoms with E-state index in [9.17, 15) is 14.4 Å². The second-order valence-electron chi connectivity index (χ2n) is 6.12. The average Bonchev–Trinajstić information content (AvgIpc) is 3.04. The summed E-state index contributed by atoms with van der Waals surface area (Å²) in [6.07, 6.45) is 1.83. The summed E-state index contributed by atoms with van der Waals surface area (Å²) in [5.74, 6) is -0.179. The molecule has 2 rings (SSSR count). The van der Waals surface area contributed by atoms with Crippen molar-refractivity contribution in [1.29, 1.82) is 0 Å². The number of carbonyl (C=O) groups is 2. The van der Waals surface area contributed by atoms with Crippen molar-refractivity contribution >= 4 is 23.3 Å². The highest BCUT2D eigenvalue weighted by Gasteiger charge is 2.25. The smallest absolute Gasteiger partial charge is 0.343 e. The molecule has 0 spiro atoms. The summed E-state index contributed by atoms with van der Waals surface area (Å²) in [5.41, 5.74) is 2.13. The van der Waals surface area contributed by atoms with Crippen LogP contribution in [0.5, 0.6) is 0 Å². The van der Waals surface area contributed by atoms with Gasteiger partial charge in [-0.25, -0.2) is 9.89 Å². The SMILES string of the molecule is CCCCn1c(S[C@H](C)C(=O)c2[nH]c(C)c(C(C)=O)c2C)n[nH]c1=O. The van der Waals surface area contributed by atoms with Gasteiger partial charge in [0.15, 0.2) is 16.7 Å². The standard InChI is InChI=1S/C17H24N4O3S/c1-6-7-8-21-16(24)19-20-17(21)25-12(5)15(23)14-9(2)13(11(4)22)10(3)18-14/h12,18H,6-8H2,1-5H3,(H,19,24)/t12-/m1/s1. The van der Waals surface area contributed by atoms with E-state index in [1.807, 2.05) is 6.92 Å². The van der Waals surface area contributed by atoms with Crippen molar-refractivity contribution in [2.75, 3.05) is 0 Å². The highest BCUT2D eigenvalue weighted by atomic mass is 32.2. The number of hydrogen-bond donors (Lipinski definition) is 2. The molecule has 0 saturated carbocycles. The number of aromatic nitrogens is 4. The Bertz CT molecular complexity index is 847. The summed E-state index contributed by atoms with van der Waals surface area (Å²) < 4.78 is 1.56. The molecule has 2 aromatic heterocycles. The Morgan fingerprint density at radius 3 is 2.56 bits per heavy atom. The lowest BCUT2D eigenvalue weighted by molar-refractivity contribution is 0.0988. The number of H-pyrrole nitrogens is 2. The number of nitrogens with one attached hydrogen (secondary N) is 2. The van der Waals surface area contributed by atoms with Gasteiger partial charge in [0.05, 0.1) is 10.9 Å². The maximum absolute atomic E-state index is 12.8. The Balaban J connectivity index is 2.24. The minimum absolute atomic E-state index is 0.0636. The number of thioether (sulfide) groups is 1. The predicted octanol–water partition coefficient (Wildman–Crippen LogP) is 2.88. The van der Waals surface area contributed by atoms with Crippen molar-refractivity contribution in [2.45, 2.75) is 64.4 Å². The highest BCUT2D eigenvalue weighted by molar-refractivity contribution is 8.00. The number of unbranched alkanes of at least 4 members (excludes halogenated alkanes) is 1. The number of rotatable bonds is 8. The first kappa shape index (κ1) is 19.2. The largest absolute Gasteiger partial charge is 0.355 e. The molecule has 1 atom stereocenters. The van der Waals surface area contributed by atoms with Crippen molar-refractivity contribution in [3.63, 3.8) is 0 Å². The van der Waals surface area contributed by atoms with Crippen molar-refractivity contribution < 1.29 is 9.59 Å². The van der Waals surface area contributed by atoms with Crippen LogP contribution in [0.1, 0.15) is 65.7 Å². The number of aromatic amines is 2. The van der Waals surface area contributed by atoms with E-state index >= 15 is 0 Å². The van der Waals surface area contributed by atoms with Gasteiger partial charge in [-0.3, -0.25) is 14.2 Å². The number of aryl methyl sites for hydroxylation is 1. The van der Waals surface area contributed by atoms with Gasteiger partial charge in [-0.1, -0.05) is 25.1 Å². The molecule has 0 radical (unpaired) electrons. The molecule has 0 unspecified atom stereocenters. The van der Waals surface area contributed by atoms with Crippen molar-refractivity contribution in [1.82, 2.24) is 19.7 Å². The van der Waals surface area contributed by atoms with E-state index in [0.29, 0.717) is 34.2 Å². The molecule has 0 bridgehead atoms. The van der Waals surface area contributed by atoms with Crippen LogP contribution >= 0.6 is 11.8 Å².